The van der Waals surface area contributed by atoms with Gasteiger partial charge in [0.1, 0.15) is 0 Å². The van der Waals surface area contributed by atoms with E-state index in [-0.39, 0.29) is 0 Å². The minimum atomic E-state index is -0.441. The fourth-order valence-electron chi connectivity index (χ4n) is 0.720. The fraction of sp³-hybridized carbons (Fsp3) is 0.250. The summed E-state index contributed by atoms with van der Waals surface area (Å²) < 4.78 is 4.68. The Kier molecular flexibility index (Phi) is 3.07. The van der Waals surface area contributed by atoms with Crippen LogP contribution in [0.25, 0.3) is 0 Å². The van der Waals surface area contributed by atoms with Crippen LogP contribution in [0.2, 0.25) is 0 Å². The zero-order valence-electron chi connectivity index (χ0n) is 6.78. The van der Waals surface area contributed by atoms with Crippen molar-refractivity contribution in [2.24, 2.45) is 0 Å². The number of pyridine rings is 1. The van der Waals surface area contributed by atoms with Gasteiger partial charge >= 0.3 is 6.09 Å². The van der Waals surface area contributed by atoms with Gasteiger partial charge in [0, 0.05) is 18.1 Å². The average Bonchev–Trinajstić information content (AvgIpc) is 2.06. The number of nitrogens with one attached hydrogen (secondary N) is 1. The van der Waals surface area contributed by atoms with E-state index in [1.807, 2.05) is 0 Å². The summed E-state index contributed by atoms with van der Waals surface area (Å²) in [5.74, 6) is 0. The molecule has 0 atom stereocenters. The Hall–Kier alpha value is -1.58. The first-order chi connectivity index (χ1) is 5.83. The van der Waals surface area contributed by atoms with E-state index < -0.39 is 6.09 Å². The van der Waals surface area contributed by atoms with E-state index in [2.05, 4.69) is 15.0 Å². The molecule has 0 aliphatic carbocycles. The number of ether oxygens (including phenoxy) is 1. The molecule has 0 radical (unpaired) electrons. The highest BCUT2D eigenvalue weighted by Crippen LogP contribution is 2.02. The van der Waals surface area contributed by atoms with Gasteiger partial charge in [-0.2, -0.15) is 0 Å². The molecule has 4 heteroatoms. The predicted octanol–water partition coefficient (Wildman–Crippen LogP) is 1.65. The second-order valence-corrected chi connectivity index (χ2v) is 2.08. The van der Waals surface area contributed by atoms with Crippen LogP contribution in [0, 0.1) is 0 Å². The lowest BCUT2D eigenvalue weighted by Gasteiger charge is -2.03. The van der Waals surface area contributed by atoms with Crippen molar-refractivity contribution in [2.75, 3.05) is 11.9 Å². The third-order valence-corrected chi connectivity index (χ3v) is 1.20. The Bertz CT molecular complexity index is 248. The van der Waals surface area contributed by atoms with Crippen LogP contribution < -0.4 is 5.32 Å². The first-order valence-electron chi connectivity index (χ1n) is 3.66. The Balaban J connectivity index is 2.47. The normalized spacial score (nSPS) is 9.08. The molecule has 0 fully saturated rings. The van der Waals surface area contributed by atoms with Crippen molar-refractivity contribution in [1.82, 2.24) is 4.98 Å². The van der Waals surface area contributed by atoms with E-state index in [4.69, 9.17) is 0 Å². The van der Waals surface area contributed by atoms with Gasteiger partial charge in [0.05, 0.1) is 6.61 Å². The molecule has 1 N–H and O–H groups in total. The second-order valence-electron chi connectivity index (χ2n) is 2.08. The van der Waals surface area contributed by atoms with E-state index in [0.29, 0.717) is 12.3 Å². The molecule has 64 valence electrons. The SMILES string of the molecule is CCOC(=O)Nc1ccncc1. The summed E-state index contributed by atoms with van der Waals surface area (Å²) in [6.45, 7) is 2.13. The van der Waals surface area contributed by atoms with Crippen LogP contribution in [0.5, 0.6) is 0 Å². The average molecular weight is 166 g/mol. The summed E-state index contributed by atoms with van der Waals surface area (Å²) in [4.78, 5) is 14.7. The maximum atomic E-state index is 10.9. The van der Waals surface area contributed by atoms with Crippen molar-refractivity contribution in [3.63, 3.8) is 0 Å². The lowest BCUT2D eigenvalue weighted by Crippen LogP contribution is -2.12. The minimum Gasteiger partial charge on any atom is -0.450 e. The number of anilines is 1. The van der Waals surface area contributed by atoms with E-state index in [0.717, 1.165) is 0 Å². The molecule has 1 aromatic heterocycles. The van der Waals surface area contributed by atoms with Gasteiger partial charge in [-0.3, -0.25) is 10.3 Å². The van der Waals surface area contributed by atoms with Gasteiger partial charge in [-0.15, -0.1) is 0 Å². The lowest BCUT2D eigenvalue weighted by molar-refractivity contribution is 0.168. The highest BCUT2D eigenvalue weighted by Gasteiger charge is 1.99. The van der Waals surface area contributed by atoms with Crippen LogP contribution >= 0.6 is 0 Å². The summed E-state index contributed by atoms with van der Waals surface area (Å²) >= 11 is 0. The minimum absolute atomic E-state index is 0.372. The number of nitrogens with zero attached hydrogens (tertiary/aromatic N) is 1. The maximum Gasteiger partial charge on any atom is 0.411 e. The molecular weight excluding hydrogens is 156 g/mol. The van der Waals surface area contributed by atoms with Crippen LogP contribution in [-0.4, -0.2) is 17.7 Å². The first-order valence-corrected chi connectivity index (χ1v) is 3.66. The molecule has 12 heavy (non-hydrogen) atoms. The quantitative estimate of drug-likeness (QED) is 0.726. The molecule has 0 bridgehead atoms. The molecule has 0 saturated carbocycles. The van der Waals surface area contributed by atoms with Crippen LogP contribution in [0.3, 0.4) is 0 Å². The zero-order valence-corrected chi connectivity index (χ0v) is 6.78. The van der Waals surface area contributed by atoms with Crippen molar-refractivity contribution in [1.29, 1.82) is 0 Å². The largest absolute Gasteiger partial charge is 0.450 e. The monoisotopic (exact) mass is 166 g/mol. The van der Waals surface area contributed by atoms with Crippen molar-refractivity contribution in [2.45, 2.75) is 6.92 Å². The molecular formula is C8H10N2O2. The number of carbonyl (C=O) groups is 1. The van der Waals surface area contributed by atoms with Gasteiger partial charge in [0.25, 0.3) is 0 Å². The molecule has 1 heterocycles. The molecule has 1 rings (SSSR count). The molecule has 0 aromatic carbocycles. The predicted molar refractivity (Wildman–Crippen MR) is 44.9 cm³/mol. The van der Waals surface area contributed by atoms with E-state index in [9.17, 15) is 4.79 Å². The highest BCUT2D eigenvalue weighted by molar-refractivity contribution is 5.84. The van der Waals surface area contributed by atoms with Crippen LogP contribution in [0.4, 0.5) is 10.5 Å². The Morgan fingerprint density at radius 1 is 1.58 bits per heavy atom. The summed E-state index contributed by atoms with van der Waals surface area (Å²) in [6.07, 6.45) is 2.76. The third-order valence-electron chi connectivity index (χ3n) is 1.20. The summed E-state index contributed by atoms with van der Waals surface area (Å²) in [6, 6.07) is 3.38. The Morgan fingerprint density at radius 3 is 2.83 bits per heavy atom. The molecule has 0 aliphatic heterocycles. The Morgan fingerprint density at radius 2 is 2.25 bits per heavy atom. The number of aromatic nitrogens is 1. The summed E-state index contributed by atoms with van der Waals surface area (Å²) in [5, 5.41) is 2.54. The van der Waals surface area contributed by atoms with E-state index in [1.54, 1.807) is 31.5 Å². The lowest BCUT2D eigenvalue weighted by atomic mass is 10.4. The van der Waals surface area contributed by atoms with Gasteiger partial charge in [-0.1, -0.05) is 0 Å². The number of hydrogen-bond acceptors (Lipinski definition) is 3. The highest BCUT2D eigenvalue weighted by atomic mass is 16.5. The van der Waals surface area contributed by atoms with E-state index >= 15 is 0 Å². The summed E-state index contributed by atoms with van der Waals surface area (Å²) in [7, 11) is 0. The molecule has 0 spiro atoms. The Labute approximate surface area is 70.6 Å². The molecule has 1 amide bonds. The van der Waals surface area contributed by atoms with Gasteiger partial charge in [0.15, 0.2) is 0 Å². The van der Waals surface area contributed by atoms with E-state index in [1.165, 1.54) is 0 Å². The molecule has 0 saturated heterocycles. The molecule has 0 aliphatic rings. The first kappa shape index (κ1) is 8.52. The van der Waals surface area contributed by atoms with Crippen LogP contribution in [0.1, 0.15) is 6.92 Å². The number of hydrogen-bond donors (Lipinski definition) is 1. The van der Waals surface area contributed by atoms with Crippen molar-refractivity contribution in [3.8, 4) is 0 Å². The van der Waals surface area contributed by atoms with Crippen LogP contribution in [0.15, 0.2) is 24.5 Å². The standard InChI is InChI=1S/C8H10N2O2/c1-2-12-8(11)10-7-3-5-9-6-4-7/h3-6H,2H2,1H3,(H,9,10,11). The van der Waals surface area contributed by atoms with Crippen molar-refractivity contribution < 1.29 is 9.53 Å². The van der Waals surface area contributed by atoms with Gasteiger partial charge < -0.3 is 4.74 Å². The van der Waals surface area contributed by atoms with Crippen LogP contribution in [-0.2, 0) is 4.74 Å². The molecule has 1 aromatic rings. The third kappa shape index (κ3) is 2.57. The number of amides is 1. The second kappa shape index (κ2) is 4.33. The molecule has 4 nitrogen and oxygen atoms in total. The topological polar surface area (TPSA) is 51.2 Å². The fourth-order valence-corrected chi connectivity index (χ4v) is 0.720. The summed E-state index contributed by atoms with van der Waals surface area (Å²) in [5.41, 5.74) is 0.684. The van der Waals surface area contributed by atoms with Crippen molar-refractivity contribution >= 4 is 11.8 Å². The number of rotatable bonds is 2. The number of carbonyl (C=O) groups excluding carboxylic acids is 1. The van der Waals surface area contributed by atoms with Crippen molar-refractivity contribution in [3.05, 3.63) is 24.5 Å². The van der Waals surface area contributed by atoms with Gasteiger partial charge in [0.2, 0.25) is 0 Å². The smallest absolute Gasteiger partial charge is 0.411 e. The molecule has 0 unspecified atom stereocenters. The van der Waals surface area contributed by atoms with Gasteiger partial charge in [-0.25, -0.2) is 4.79 Å². The zero-order chi connectivity index (χ0) is 8.81. The van der Waals surface area contributed by atoms with Gasteiger partial charge in [-0.05, 0) is 19.1 Å². The maximum absolute atomic E-state index is 10.9.